The summed E-state index contributed by atoms with van der Waals surface area (Å²) in [5, 5.41) is 0. The Morgan fingerprint density at radius 3 is 2.48 bits per heavy atom. The van der Waals surface area contributed by atoms with Crippen LogP contribution in [0.5, 0.6) is 5.75 Å². The van der Waals surface area contributed by atoms with E-state index in [0.717, 1.165) is 37.6 Å². The van der Waals surface area contributed by atoms with E-state index in [1.165, 1.54) is 11.1 Å². The minimum atomic E-state index is 0.724. The van der Waals surface area contributed by atoms with Gasteiger partial charge in [-0.1, -0.05) is 24.3 Å². The molecule has 0 radical (unpaired) electrons. The molecule has 3 heteroatoms. The number of nitrogens with two attached hydrogens (primary N) is 1. The van der Waals surface area contributed by atoms with Crippen molar-refractivity contribution in [2.45, 2.75) is 19.9 Å². The number of rotatable bonds is 7. The molecule has 21 heavy (non-hydrogen) atoms. The van der Waals surface area contributed by atoms with Crippen molar-refractivity contribution in [1.29, 1.82) is 0 Å². The molecule has 0 heterocycles. The minimum Gasteiger partial charge on any atom is -0.494 e. The van der Waals surface area contributed by atoms with Gasteiger partial charge in [-0.25, -0.2) is 0 Å². The molecule has 0 atom stereocenters. The van der Waals surface area contributed by atoms with Crippen LogP contribution in [-0.2, 0) is 6.54 Å². The zero-order valence-corrected chi connectivity index (χ0v) is 12.9. The van der Waals surface area contributed by atoms with Crippen molar-refractivity contribution in [1.82, 2.24) is 4.90 Å². The molecule has 0 aliphatic carbocycles. The van der Waals surface area contributed by atoms with Crippen LogP contribution in [0, 0.1) is 6.92 Å². The molecule has 0 fully saturated rings. The summed E-state index contributed by atoms with van der Waals surface area (Å²) < 4.78 is 5.70. The van der Waals surface area contributed by atoms with Gasteiger partial charge in [-0.2, -0.15) is 0 Å². The first kappa shape index (κ1) is 15.4. The smallest absolute Gasteiger partial charge is 0.119 e. The summed E-state index contributed by atoms with van der Waals surface area (Å²) in [6.07, 6.45) is 1.01. The summed E-state index contributed by atoms with van der Waals surface area (Å²) in [5.41, 5.74) is 9.15. The molecule has 0 aliphatic heterocycles. The van der Waals surface area contributed by atoms with Gasteiger partial charge >= 0.3 is 0 Å². The van der Waals surface area contributed by atoms with Gasteiger partial charge in [0.15, 0.2) is 0 Å². The first-order valence-corrected chi connectivity index (χ1v) is 7.36. The maximum Gasteiger partial charge on any atom is 0.119 e. The largest absolute Gasteiger partial charge is 0.494 e. The molecule has 2 aromatic rings. The van der Waals surface area contributed by atoms with Gasteiger partial charge in [-0.05, 0) is 55.8 Å². The third kappa shape index (κ3) is 5.12. The molecule has 0 aliphatic rings. The average Bonchev–Trinajstić information content (AvgIpc) is 2.48. The summed E-state index contributed by atoms with van der Waals surface area (Å²) >= 11 is 0. The standard InChI is InChI=1S/C18H24N2O/c1-15-6-3-4-7-16(15)14-20(2)12-5-13-21-18-10-8-17(19)9-11-18/h3-4,6-11H,5,12-14,19H2,1-2H3. The van der Waals surface area contributed by atoms with Crippen LogP contribution >= 0.6 is 0 Å². The van der Waals surface area contributed by atoms with Crippen LogP contribution < -0.4 is 10.5 Å². The Labute approximate surface area is 127 Å². The first-order chi connectivity index (χ1) is 10.1. The van der Waals surface area contributed by atoms with Gasteiger partial charge in [0, 0.05) is 18.8 Å². The second kappa shape index (κ2) is 7.70. The molecule has 112 valence electrons. The van der Waals surface area contributed by atoms with Crippen molar-refractivity contribution >= 4 is 5.69 Å². The normalized spacial score (nSPS) is 10.8. The highest BCUT2D eigenvalue weighted by atomic mass is 16.5. The number of nitrogen functional groups attached to an aromatic ring is 1. The highest BCUT2D eigenvalue weighted by molar-refractivity contribution is 5.41. The lowest BCUT2D eigenvalue weighted by Crippen LogP contribution is -2.21. The van der Waals surface area contributed by atoms with Crippen LogP contribution in [0.4, 0.5) is 5.69 Å². The number of ether oxygens (including phenoxy) is 1. The molecule has 2 rings (SSSR count). The fourth-order valence-corrected chi connectivity index (χ4v) is 2.25. The molecular formula is C18H24N2O. The maximum absolute atomic E-state index is 5.70. The van der Waals surface area contributed by atoms with E-state index in [-0.39, 0.29) is 0 Å². The predicted octanol–water partition coefficient (Wildman–Crippen LogP) is 3.48. The molecule has 0 amide bonds. The van der Waals surface area contributed by atoms with Crippen LogP contribution in [-0.4, -0.2) is 25.1 Å². The Balaban J connectivity index is 1.68. The topological polar surface area (TPSA) is 38.5 Å². The van der Waals surface area contributed by atoms with E-state index in [0.29, 0.717) is 0 Å². The Morgan fingerprint density at radius 1 is 1.05 bits per heavy atom. The lowest BCUT2D eigenvalue weighted by Gasteiger charge is -2.18. The van der Waals surface area contributed by atoms with E-state index in [1.807, 2.05) is 24.3 Å². The Morgan fingerprint density at radius 2 is 1.76 bits per heavy atom. The molecule has 0 aromatic heterocycles. The van der Waals surface area contributed by atoms with E-state index in [2.05, 4.69) is 43.1 Å². The van der Waals surface area contributed by atoms with E-state index in [4.69, 9.17) is 10.5 Å². The first-order valence-electron chi connectivity index (χ1n) is 7.36. The van der Waals surface area contributed by atoms with Crippen molar-refractivity contribution in [2.24, 2.45) is 0 Å². The summed E-state index contributed by atoms with van der Waals surface area (Å²) in [5.74, 6) is 0.880. The molecule has 0 unspecified atom stereocenters. The Bertz CT molecular complexity index is 551. The van der Waals surface area contributed by atoms with Crippen LogP contribution in [0.15, 0.2) is 48.5 Å². The molecule has 0 saturated carbocycles. The quantitative estimate of drug-likeness (QED) is 0.625. The van der Waals surface area contributed by atoms with Gasteiger partial charge in [-0.3, -0.25) is 0 Å². The van der Waals surface area contributed by atoms with Crippen LogP contribution in [0.25, 0.3) is 0 Å². The van der Waals surface area contributed by atoms with Crippen molar-refractivity contribution in [3.8, 4) is 5.75 Å². The lowest BCUT2D eigenvalue weighted by molar-refractivity contribution is 0.258. The van der Waals surface area contributed by atoms with Gasteiger partial charge in [0.1, 0.15) is 5.75 Å². The minimum absolute atomic E-state index is 0.724. The highest BCUT2D eigenvalue weighted by Gasteiger charge is 2.02. The molecule has 0 spiro atoms. The van der Waals surface area contributed by atoms with Crippen LogP contribution in [0.2, 0.25) is 0 Å². The summed E-state index contributed by atoms with van der Waals surface area (Å²) in [6.45, 7) is 4.88. The fourth-order valence-electron chi connectivity index (χ4n) is 2.25. The summed E-state index contributed by atoms with van der Waals surface area (Å²) in [7, 11) is 2.15. The maximum atomic E-state index is 5.70. The fraction of sp³-hybridized carbons (Fsp3) is 0.333. The van der Waals surface area contributed by atoms with E-state index in [9.17, 15) is 0 Å². The van der Waals surface area contributed by atoms with E-state index >= 15 is 0 Å². The number of hydrogen-bond acceptors (Lipinski definition) is 3. The number of nitrogens with zero attached hydrogens (tertiary/aromatic N) is 1. The molecule has 2 aromatic carbocycles. The molecule has 0 bridgehead atoms. The molecule has 0 saturated heterocycles. The van der Waals surface area contributed by atoms with Gasteiger partial charge in [0.2, 0.25) is 0 Å². The number of hydrogen-bond donors (Lipinski definition) is 1. The summed E-state index contributed by atoms with van der Waals surface area (Å²) in [6, 6.07) is 16.1. The van der Waals surface area contributed by atoms with E-state index in [1.54, 1.807) is 0 Å². The van der Waals surface area contributed by atoms with Gasteiger partial charge in [0.05, 0.1) is 6.61 Å². The van der Waals surface area contributed by atoms with Crippen LogP contribution in [0.1, 0.15) is 17.5 Å². The summed E-state index contributed by atoms with van der Waals surface area (Å²) in [4.78, 5) is 2.33. The second-order valence-electron chi connectivity index (χ2n) is 5.44. The third-order valence-electron chi connectivity index (χ3n) is 3.53. The molecule has 2 N–H and O–H groups in total. The Kier molecular flexibility index (Phi) is 5.64. The lowest BCUT2D eigenvalue weighted by atomic mass is 10.1. The zero-order chi connectivity index (χ0) is 15.1. The molecular weight excluding hydrogens is 260 g/mol. The van der Waals surface area contributed by atoms with Gasteiger partial charge < -0.3 is 15.4 Å². The highest BCUT2D eigenvalue weighted by Crippen LogP contribution is 2.13. The monoisotopic (exact) mass is 284 g/mol. The van der Waals surface area contributed by atoms with Gasteiger partial charge in [0.25, 0.3) is 0 Å². The average molecular weight is 284 g/mol. The van der Waals surface area contributed by atoms with Crippen LogP contribution in [0.3, 0.4) is 0 Å². The van der Waals surface area contributed by atoms with Gasteiger partial charge in [-0.15, -0.1) is 0 Å². The molecule has 3 nitrogen and oxygen atoms in total. The second-order valence-corrected chi connectivity index (χ2v) is 5.44. The van der Waals surface area contributed by atoms with Crippen molar-refractivity contribution in [2.75, 3.05) is 25.9 Å². The Hall–Kier alpha value is -2.00. The zero-order valence-electron chi connectivity index (χ0n) is 12.9. The van der Waals surface area contributed by atoms with Crippen molar-refractivity contribution in [3.63, 3.8) is 0 Å². The third-order valence-corrected chi connectivity index (χ3v) is 3.53. The van der Waals surface area contributed by atoms with Crippen molar-refractivity contribution in [3.05, 3.63) is 59.7 Å². The number of benzene rings is 2. The number of anilines is 1. The SMILES string of the molecule is Cc1ccccc1CN(C)CCCOc1ccc(N)cc1. The predicted molar refractivity (Wildman–Crippen MR) is 88.5 cm³/mol. The van der Waals surface area contributed by atoms with E-state index < -0.39 is 0 Å². The van der Waals surface area contributed by atoms with Crippen molar-refractivity contribution < 1.29 is 4.74 Å². The number of aryl methyl sites for hydroxylation is 1.